The highest BCUT2D eigenvalue weighted by atomic mass is 19.4. The van der Waals surface area contributed by atoms with E-state index in [4.69, 9.17) is 0 Å². The van der Waals surface area contributed by atoms with Gasteiger partial charge in [0.1, 0.15) is 0 Å². The third-order valence-corrected chi connectivity index (χ3v) is 12.4. The third kappa shape index (κ3) is 11.2. The van der Waals surface area contributed by atoms with Gasteiger partial charge in [-0.2, -0.15) is 105 Å². The van der Waals surface area contributed by atoms with Gasteiger partial charge in [0.25, 0.3) is 0 Å². The van der Waals surface area contributed by atoms with Crippen LogP contribution < -0.4 is 21.4 Å². The number of nitrogens with one attached hydrogen (secondary N) is 4. The molecule has 80 heavy (non-hydrogen) atoms. The van der Waals surface area contributed by atoms with Gasteiger partial charge in [-0.3, -0.25) is 0 Å². The molecule has 9 rings (SSSR count). The molecule has 0 amide bonds. The lowest BCUT2D eigenvalue weighted by atomic mass is 9.96. The van der Waals surface area contributed by atoms with Gasteiger partial charge >= 0.3 is 49.4 Å². The lowest BCUT2D eigenvalue weighted by Gasteiger charge is -2.17. The maximum atomic E-state index is 14.5. The minimum Gasteiger partial charge on any atom is -0.354 e. The molecule has 8 aromatic rings. The molecule has 420 valence electrons. The minimum atomic E-state index is -5.56. The van der Waals surface area contributed by atoms with E-state index in [9.17, 15) is 105 Å². The van der Waals surface area contributed by atoms with Crippen molar-refractivity contribution in [1.82, 2.24) is 19.9 Å². The number of hydrogen-bond donors (Lipinski definition) is 4. The van der Waals surface area contributed by atoms with Crippen molar-refractivity contribution in [3.63, 3.8) is 0 Å². The van der Waals surface area contributed by atoms with E-state index < -0.39 is 183 Å². The van der Waals surface area contributed by atoms with Gasteiger partial charge < -0.3 is 19.9 Å². The Labute approximate surface area is 428 Å². The van der Waals surface area contributed by atoms with E-state index in [2.05, 4.69) is 19.9 Å². The monoisotopic (exact) mass is 1160 g/mol. The van der Waals surface area contributed by atoms with Crippen molar-refractivity contribution < 1.29 is 105 Å². The molecule has 1 aliphatic rings. The Morgan fingerprint density at radius 2 is 0.338 bits per heavy atom. The van der Waals surface area contributed by atoms with E-state index in [1.807, 2.05) is 0 Å². The molecule has 0 saturated heterocycles. The Morgan fingerprint density at radius 3 is 0.475 bits per heavy atom. The first-order valence-corrected chi connectivity index (χ1v) is 22.1. The van der Waals surface area contributed by atoms with E-state index in [0.717, 1.165) is 48.5 Å². The van der Waals surface area contributed by atoms with Gasteiger partial charge in [-0.1, -0.05) is 0 Å². The van der Waals surface area contributed by atoms with Crippen LogP contribution in [0.5, 0.6) is 0 Å². The topological polar surface area (TPSA) is 63.2 Å². The molecule has 0 saturated carbocycles. The Bertz CT molecular complexity index is 3370. The second-order valence-corrected chi connectivity index (χ2v) is 17.8. The fourth-order valence-electron chi connectivity index (χ4n) is 8.97. The second kappa shape index (κ2) is 18.7. The van der Waals surface area contributed by atoms with E-state index in [0.29, 0.717) is 0 Å². The quantitative estimate of drug-likeness (QED) is 0.127. The number of fused-ring (bicyclic) bond motifs is 8. The minimum absolute atomic E-state index is 0.174. The number of benzene rings is 4. The maximum Gasteiger partial charge on any atom is 0.416 e. The molecule has 0 unspecified atom stereocenters. The van der Waals surface area contributed by atoms with Crippen molar-refractivity contribution in [3.8, 4) is 0 Å². The first-order valence-electron chi connectivity index (χ1n) is 22.1. The molecule has 5 heterocycles. The van der Waals surface area contributed by atoms with Crippen molar-refractivity contribution in [1.29, 1.82) is 0 Å². The fourth-order valence-corrected chi connectivity index (χ4v) is 8.97. The number of rotatable bonds is 4. The number of halogens is 24. The molecule has 8 bridgehead atoms. The summed E-state index contributed by atoms with van der Waals surface area (Å²) in [5.74, 6) is 0. The van der Waals surface area contributed by atoms with Crippen LogP contribution in [0.3, 0.4) is 0 Å². The normalized spacial score (nSPS) is 14.4. The molecule has 0 aliphatic carbocycles. The fraction of sp³-hybridized carbons (Fsp3) is 0.154. The van der Waals surface area contributed by atoms with Crippen LogP contribution in [0, 0.1) is 0 Å². The molecule has 4 aromatic carbocycles. The van der Waals surface area contributed by atoms with E-state index in [1.165, 1.54) is 0 Å². The van der Waals surface area contributed by atoms with Gasteiger partial charge in [0, 0.05) is 66.5 Å². The summed E-state index contributed by atoms with van der Waals surface area (Å²) >= 11 is 0. The molecule has 4 N–H and O–H groups in total. The summed E-state index contributed by atoms with van der Waals surface area (Å²) in [4.78, 5) is 10.2. The predicted octanol–water partition coefficient (Wildman–Crippen LogP) is 14.5. The molecule has 4 nitrogen and oxygen atoms in total. The highest BCUT2D eigenvalue weighted by Crippen LogP contribution is 2.44. The molecule has 1 aliphatic heterocycles. The molecular formula is C52H24F24N4. The maximum absolute atomic E-state index is 14.5. The zero-order valence-corrected chi connectivity index (χ0v) is 38.6. The summed E-state index contributed by atoms with van der Waals surface area (Å²) in [5, 5.41) is -2.56. The molecular weight excluding hydrogens is 1140 g/mol. The van der Waals surface area contributed by atoms with Crippen molar-refractivity contribution >= 4 is 22.3 Å². The summed E-state index contributed by atoms with van der Waals surface area (Å²) in [5.41, 5.74) is -25.4. The van der Waals surface area contributed by atoms with Crippen LogP contribution in [-0.2, 0) is 49.4 Å². The smallest absolute Gasteiger partial charge is 0.354 e. The van der Waals surface area contributed by atoms with Gasteiger partial charge in [-0.05, 0) is 144 Å². The third-order valence-electron chi connectivity index (χ3n) is 12.4. The van der Waals surface area contributed by atoms with Gasteiger partial charge in [0.05, 0.1) is 44.5 Å². The van der Waals surface area contributed by atoms with Gasteiger partial charge in [0.2, 0.25) is 0 Å². The van der Waals surface area contributed by atoms with Gasteiger partial charge in [0.15, 0.2) is 0 Å². The van der Waals surface area contributed by atoms with Crippen molar-refractivity contribution in [2.45, 2.75) is 49.4 Å². The van der Waals surface area contributed by atoms with E-state index in [1.54, 1.807) is 0 Å². The standard InChI is InChI=1S/C52H24F24N4/c53-45(54,55)25-9-21(10-26(17-25)46(56,57)58)41-33-1-2-34(77-33)42(22-11-27(47(59,60)61)18-28(12-22)48(62,63)64)36-5-6-38(79-36)44(24-15-31(51(71,72)73)20-32(16-24)52(74,75)76)40-8-7-39(80-40)43(37-4-3-35(41)78-37)23-13-29(49(65,66)67)19-30(14-23)50(68,69)70/h1-20,77-80H. The Morgan fingerprint density at radius 1 is 0.188 bits per heavy atom. The molecule has 0 spiro atoms. The molecule has 28 heteroatoms. The Balaban J connectivity index is 1.53. The molecule has 4 aromatic heterocycles. The van der Waals surface area contributed by atoms with Gasteiger partial charge in [-0.15, -0.1) is 0 Å². The summed E-state index contributed by atoms with van der Waals surface area (Å²) in [6.45, 7) is 0. The lowest BCUT2D eigenvalue weighted by Crippen LogP contribution is -2.20. The van der Waals surface area contributed by atoms with Crippen LogP contribution in [0.25, 0.3) is 22.3 Å². The predicted molar refractivity (Wildman–Crippen MR) is 234 cm³/mol. The van der Waals surface area contributed by atoms with Crippen LogP contribution in [0.1, 0.15) is 89.5 Å². The lowest BCUT2D eigenvalue weighted by molar-refractivity contribution is -0.144. The largest absolute Gasteiger partial charge is 0.416 e. The number of aromatic amines is 4. The number of H-pyrrole nitrogens is 4. The zero-order valence-electron chi connectivity index (χ0n) is 38.6. The van der Waals surface area contributed by atoms with Crippen LogP contribution in [-0.4, -0.2) is 19.9 Å². The van der Waals surface area contributed by atoms with Crippen LogP contribution in [0.4, 0.5) is 105 Å². The number of aromatic nitrogens is 4. The summed E-state index contributed by atoms with van der Waals surface area (Å²) in [6.07, 6.45) is -44.5. The first-order chi connectivity index (χ1) is 36.6. The number of hydrogen-bond acceptors (Lipinski definition) is 0. The van der Waals surface area contributed by atoms with Crippen molar-refractivity contribution in [3.05, 3.63) is 232 Å². The molecule has 0 fully saturated rings. The van der Waals surface area contributed by atoms with Crippen LogP contribution in [0.15, 0.2) is 121 Å². The van der Waals surface area contributed by atoms with E-state index in [-0.39, 0.29) is 72.8 Å². The highest BCUT2D eigenvalue weighted by molar-refractivity contribution is 5.85. The molecule has 0 atom stereocenters. The Hall–Kier alpha value is -8.20. The zero-order chi connectivity index (χ0) is 58.8. The number of alkyl halides is 24. The van der Waals surface area contributed by atoms with Crippen LogP contribution in [0.2, 0.25) is 0 Å². The van der Waals surface area contributed by atoms with Crippen molar-refractivity contribution in [2.24, 2.45) is 0 Å². The van der Waals surface area contributed by atoms with E-state index >= 15 is 0 Å². The average Bonchev–Trinajstić information content (AvgIpc) is 4.17. The molecule has 0 radical (unpaired) electrons. The SMILES string of the molecule is FC(F)(F)c1cc(C2=c3ccc([nH]3)=C(c3cc(C(F)(F)F)cc(C(F)(F)F)c3)c3ccc([nH]3)C(c3cc(C(F)(F)F)cc(C(F)(F)F)c3)=c3ccc([nH]3)=C(c3cc(C(F)(F)F)cc(C(F)(F)F)c3)c3ccc2[nH]3)cc(C(F)(F)F)c1. The average molecular weight is 1160 g/mol. The Kier molecular flexibility index (Phi) is 13.2. The second-order valence-electron chi connectivity index (χ2n) is 17.8. The van der Waals surface area contributed by atoms with Crippen molar-refractivity contribution in [2.75, 3.05) is 0 Å². The summed E-state index contributed by atoms with van der Waals surface area (Å²) in [7, 11) is 0. The summed E-state index contributed by atoms with van der Waals surface area (Å²) < 4.78 is 347. The highest BCUT2D eigenvalue weighted by Gasteiger charge is 2.42. The van der Waals surface area contributed by atoms with Gasteiger partial charge in [-0.25, -0.2) is 0 Å². The van der Waals surface area contributed by atoms with Crippen LogP contribution >= 0.6 is 0 Å². The first kappa shape index (κ1) is 56.5. The summed E-state index contributed by atoms with van der Waals surface area (Å²) in [6, 6.07) is 7.00.